The molecule has 8 heteroatoms. The van der Waals surface area contributed by atoms with Gasteiger partial charge in [-0.25, -0.2) is 0 Å². The molecule has 0 N–H and O–H groups in total. The number of hydrogen-bond donors (Lipinski definition) is 0. The molecule has 3 aromatic rings. The van der Waals surface area contributed by atoms with Crippen molar-refractivity contribution in [2.45, 2.75) is 12.4 Å². The highest BCUT2D eigenvalue weighted by Gasteiger charge is 2.30. The van der Waals surface area contributed by atoms with E-state index in [1.807, 2.05) is 0 Å². The fourth-order valence-electron chi connectivity index (χ4n) is 2.86. The average molecular weight is 474 g/mol. The van der Waals surface area contributed by atoms with Crippen LogP contribution in [0.1, 0.15) is 33.4 Å². The molecule has 0 saturated carbocycles. The molecule has 0 amide bonds. The van der Waals surface area contributed by atoms with Crippen LogP contribution in [0.5, 0.6) is 11.5 Å². The zero-order valence-corrected chi connectivity index (χ0v) is 17.9. The van der Waals surface area contributed by atoms with Crippen LogP contribution in [0.25, 0.3) is 0 Å². The van der Waals surface area contributed by atoms with E-state index in [4.69, 9.17) is 9.47 Å². The van der Waals surface area contributed by atoms with E-state index in [9.17, 15) is 26.3 Å². The van der Waals surface area contributed by atoms with E-state index in [2.05, 4.69) is 23.7 Å². The summed E-state index contributed by atoms with van der Waals surface area (Å²) in [5, 5.41) is 0. The first-order valence-electron chi connectivity index (χ1n) is 9.66. The molecule has 0 fully saturated rings. The first-order valence-corrected chi connectivity index (χ1v) is 9.66. The van der Waals surface area contributed by atoms with Gasteiger partial charge in [0.25, 0.3) is 0 Å². The second kappa shape index (κ2) is 9.84. The smallest absolute Gasteiger partial charge is 0.416 e. The van der Waals surface area contributed by atoms with Crippen molar-refractivity contribution in [3.63, 3.8) is 0 Å². The molecule has 0 aliphatic heterocycles. The van der Waals surface area contributed by atoms with Gasteiger partial charge in [0.1, 0.15) is 11.5 Å². The van der Waals surface area contributed by atoms with Gasteiger partial charge in [-0.05, 0) is 48.5 Å². The lowest BCUT2D eigenvalue weighted by Gasteiger charge is -2.09. The lowest BCUT2D eigenvalue weighted by atomic mass is 10.1. The maximum Gasteiger partial charge on any atom is 0.416 e. The molecule has 0 spiro atoms. The lowest BCUT2D eigenvalue weighted by molar-refractivity contribution is -0.138. The summed E-state index contributed by atoms with van der Waals surface area (Å²) in [6.07, 6.45) is -8.86. The SMILES string of the molecule is COc1cc(C#Cc2ccc(C(F)(F)F)cc2)c(OC)cc1C#Cc1ccc(C(F)(F)F)cc1. The van der Waals surface area contributed by atoms with E-state index in [-0.39, 0.29) is 0 Å². The Balaban J connectivity index is 1.90. The van der Waals surface area contributed by atoms with Crippen LogP contribution >= 0.6 is 0 Å². The van der Waals surface area contributed by atoms with E-state index in [0.29, 0.717) is 33.8 Å². The minimum absolute atomic E-state index is 0.344. The molecule has 34 heavy (non-hydrogen) atoms. The molecular formula is C26H16F6O2. The molecule has 3 rings (SSSR count). The summed E-state index contributed by atoms with van der Waals surface area (Å²) in [5.74, 6) is 11.9. The molecule has 0 aromatic heterocycles. The van der Waals surface area contributed by atoms with Gasteiger partial charge in [-0.3, -0.25) is 0 Å². The zero-order chi connectivity index (χ0) is 24.9. The van der Waals surface area contributed by atoms with E-state index in [0.717, 1.165) is 24.3 Å². The number of alkyl halides is 6. The predicted octanol–water partition coefficient (Wildman–Crippen LogP) is 6.54. The van der Waals surface area contributed by atoms with Gasteiger partial charge >= 0.3 is 12.4 Å². The Kier molecular flexibility index (Phi) is 7.12. The van der Waals surface area contributed by atoms with Crippen LogP contribution in [0.2, 0.25) is 0 Å². The number of hydrogen-bond acceptors (Lipinski definition) is 2. The van der Waals surface area contributed by atoms with Crippen LogP contribution in [0, 0.1) is 23.7 Å². The monoisotopic (exact) mass is 474 g/mol. The first kappa shape index (κ1) is 24.6. The Morgan fingerprint density at radius 1 is 0.529 bits per heavy atom. The normalized spacial score (nSPS) is 11.1. The fourth-order valence-corrected chi connectivity index (χ4v) is 2.86. The van der Waals surface area contributed by atoms with Crippen molar-refractivity contribution in [1.29, 1.82) is 0 Å². The van der Waals surface area contributed by atoms with Gasteiger partial charge in [0.2, 0.25) is 0 Å². The largest absolute Gasteiger partial charge is 0.495 e. The summed E-state index contributed by atoms with van der Waals surface area (Å²) in [6, 6.07) is 12.0. The van der Waals surface area contributed by atoms with Crippen molar-refractivity contribution < 1.29 is 35.8 Å². The molecule has 0 aliphatic rings. The zero-order valence-electron chi connectivity index (χ0n) is 17.9. The first-order chi connectivity index (χ1) is 16.0. The molecule has 0 heterocycles. The Bertz CT molecular complexity index is 1180. The molecule has 0 aliphatic carbocycles. The summed E-state index contributed by atoms with van der Waals surface area (Å²) in [5.41, 5.74) is 0.0422. The van der Waals surface area contributed by atoms with Gasteiger partial charge in [0.15, 0.2) is 0 Å². The van der Waals surface area contributed by atoms with Gasteiger partial charge in [0, 0.05) is 23.3 Å². The van der Waals surface area contributed by atoms with Crippen molar-refractivity contribution in [3.8, 4) is 35.2 Å². The summed E-state index contributed by atoms with van der Waals surface area (Å²) >= 11 is 0. The van der Waals surface area contributed by atoms with Crippen LogP contribution < -0.4 is 9.47 Å². The summed E-state index contributed by atoms with van der Waals surface area (Å²) < 4.78 is 86.9. The summed E-state index contributed by atoms with van der Waals surface area (Å²) in [4.78, 5) is 0. The van der Waals surface area contributed by atoms with Crippen LogP contribution in [-0.2, 0) is 12.4 Å². The minimum atomic E-state index is -4.43. The van der Waals surface area contributed by atoms with E-state index in [1.54, 1.807) is 12.1 Å². The van der Waals surface area contributed by atoms with Crippen molar-refractivity contribution in [1.82, 2.24) is 0 Å². The van der Waals surface area contributed by atoms with Gasteiger partial charge in [-0.1, -0.05) is 23.7 Å². The lowest BCUT2D eigenvalue weighted by Crippen LogP contribution is -2.04. The molecule has 0 bridgehead atoms. The Labute approximate surface area is 192 Å². The summed E-state index contributed by atoms with van der Waals surface area (Å²) in [6.45, 7) is 0. The van der Waals surface area contributed by atoms with Crippen LogP contribution in [0.3, 0.4) is 0 Å². The maximum absolute atomic E-state index is 12.7. The van der Waals surface area contributed by atoms with E-state index in [1.165, 1.54) is 38.5 Å². The van der Waals surface area contributed by atoms with Crippen LogP contribution in [0.15, 0.2) is 60.7 Å². The molecule has 0 radical (unpaired) electrons. The van der Waals surface area contributed by atoms with Gasteiger partial charge < -0.3 is 9.47 Å². The second-order valence-electron chi connectivity index (χ2n) is 6.90. The van der Waals surface area contributed by atoms with E-state index < -0.39 is 23.5 Å². The van der Waals surface area contributed by atoms with Crippen molar-refractivity contribution in [2.75, 3.05) is 14.2 Å². The highest BCUT2D eigenvalue weighted by atomic mass is 19.4. The molecule has 0 unspecified atom stereocenters. The maximum atomic E-state index is 12.7. The molecule has 2 nitrogen and oxygen atoms in total. The number of halogens is 6. The third-order valence-electron chi connectivity index (χ3n) is 4.63. The van der Waals surface area contributed by atoms with Crippen molar-refractivity contribution >= 4 is 0 Å². The number of benzene rings is 3. The second-order valence-corrected chi connectivity index (χ2v) is 6.90. The minimum Gasteiger partial charge on any atom is -0.495 e. The average Bonchev–Trinajstić information content (AvgIpc) is 2.80. The third kappa shape index (κ3) is 6.05. The van der Waals surface area contributed by atoms with Crippen molar-refractivity contribution in [3.05, 3.63) is 94.0 Å². The highest BCUT2D eigenvalue weighted by Crippen LogP contribution is 2.31. The Morgan fingerprint density at radius 3 is 1.12 bits per heavy atom. The van der Waals surface area contributed by atoms with Gasteiger partial charge in [-0.2, -0.15) is 26.3 Å². The summed E-state index contributed by atoms with van der Waals surface area (Å²) in [7, 11) is 2.83. The van der Waals surface area contributed by atoms with Gasteiger partial charge in [-0.15, -0.1) is 0 Å². The molecule has 0 atom stereocenters. The van der Waals surface area contributed by atoms with Gasteiger partial charge in [0.05, 0.1) is 36.5 Å². The Hall–Kier alpha value is -4.04. The fraction of sp³-hybridized carbons (Fsp3) is 0.154. The molecular weight excluding hydrogens is 458 g/mol. The van der Waals surface area contributed by atoms with Crippen molar-refractivity contribution in [2.24, 2.45) is 0 Å². The number of methoxy groups -OCH3 is 2. The quantitative estimate of drug-likeness (QED) is 0.310. The standard InChI is InChI=1S/C26H16F6O2/c1-33-23-15-20(10-4-18-7-13-22(14-8-18)26(30,31)32)24(34-2)16-19(23)9-3-17-5-11-21(12-6-17)25(27,28)29/h5-8,11-16H,1-2H3. The molecule has 3 aromatic carbocycles. The third-order valence-corrected chi connectivity index (χ3v) is 4.63. The van der Waals surface area contributed by atoms with Crippen LogP contribution in [-0.4, -0.2) is 14.2 Å². The Morgan fingerprint density at radius 2 is 0.853 bits per heavy atom. The van der Waals surface area contributed by atoms with E-state index >= 15 is 0 Å². The number of ether oxygens (including phenoxy) is 2. The predicted molar refractivity (Wildman–Crippen MR) is 114 cm³/mol. The molecule has 0 saturated heterocycles. The highest BCUT2D eigenvalue weighted by molar-refractivity contribution is 5.60. The molecule has 174 valence electrons. The van der Waals surface area contributed by atoms with Crippen LogP contribution in [0.4, 0.5) is 26.3 Å². The number of rotatable bonds is 2. The topological polar surface area (TPSA) is 18.5 Å².